The number of aromatic nitrogens is 1. The van der Waals surface area contributed by atoms with Crippen molar-refractivity contribution in [3.63, 3.8) is 0 Å². The van der Waals surface area contributed by atoms with Gasteiger partial charge in [-0.2, -0.15) is 0 Å². The molecule has 3 N–H and O–H groups in total. The van der Waals surface area contributed by atoms with Gasteiger partial charge in [-0.3, -0.25) is 4.79 Å². The molecule has 0 atom stereocenters. The summed E-state index contributed by atoms with van der Waals surface area (Å²) in [6.07, 6.45) is 1.40. The fraction of sp³-hybridized carbons (Fsp3) is 0. The second kappa shape index (κ2) is 5.66. The zero-order chi connectivity index (χ0) is 14.0. The summed E-state index contributed by atoms with van der Waals surface area (Å²) in [5.74, 6) is -0.934. The van der Waals surface area contributed by atoms with Crippen LogP contribution in [0.3, 0.4) is 0 Å². The molecule has 0 saturated carbocycles. The third-order valence-electron chi connectivity index (χ3n) is 2.28. The summed E-state index contributed by atoms with van der Waals surface area (Å²) in [5.41, 5.74) is 5.92. The van der Waals surface area contributed by atoms with E-state index in [4.69, 9.17) is 5.73 Å². The molecule has 0 aliphatic heterocycles. The van der Waals surface area contributed by atoms with Gasteiger partial charge in [0.25, 0.3) is 5.91 Å². The Morgan fingerprint density at radius 2 is 2.05 bits per heavy atom. The van der Waals surface area contributed by atoms with Gasteiger partial charge in [0.1, 0.15) is 11.6 Å². The van der Waals surface area contributed by atoms with Crippen molar-refractivity contribution in [1.29, 1.82) is 0 Å². The Morgan fingerprint density at radius 1 is 1.32 bits per heavy atom. The van der Waals surface area contributed by atoms with E-state index in [2.05, 4.69) is 42.2 Å². The van der Waals surface area contributed by atoms with E-state index in [9.17, 15) is 9.18 Å². The van der Waals surface area contributed by atoms with Crippen molar-refractivity contribution in [3.8, 4) is 0 Å². The van der Waals surface area contributed by atoms with Gasteiger partial charge in [-0.25, -0.2) is 9.37 Å². The second-order valence-corrected chi connectivity index (χ2v) is 5.36. The number of pyridine rings is 1. The first-order chi connectivity index (χ1) is 8.99. The number of amides is 1. The number of nitrogen functional groups attached to an aromatic ring is 1. The maximum atomic E-state index is 13.6. The van der Waals surface area contributed by atoms with E-state index in [-0.39, 0.29) is 11.4 Å². The first kappa shape index (κ1) is 14.0. The lowest BCUT2D eigenvalue weighted by atomic mass is 10.2. The van der Waals surface area contributed by atoms with Gasteiger partial charge in [-0.05, 0) is 50.1 Å². The largest absolute Gasteiger partial charge is 0.397 e. The molecular weight excluding hydrogens is 381 g/mol. The number of nitrogens with two attached hydrogens (primary N) is 1. The number of benzene rings is 1. The molecule has 0 aliphatic rings. The highest BCUT2D eigenvalue weighted by Crippen LogP contribution is 2.25. The molecule has 1 aromatic carbocycles. The molecule has 19 heavy (non-hydrogen) atoms. The van der Waals surface area contributed by atoms with E-state index in [0.717, 1.165) is 0 Å². The first-order valence-corrected chi connectivity index (χ1v) is 6.74. The highest BCUT2D eigenvalue weighted by Gasteiger charge is 2.17. The van der Waals surface area contributed by atoms with E-state index in [1.165, 1.54) is 18.3 Å². The number of anilines is 2. The number of carbonyl (C=O) groups is 1. The number of nitrogens with zero attached hydrogens (tertiary/aromatic N) is 1. The lowest BCUT2D eigenvalue weighted by Gasteiger charge is -2.08. The molecule has 0 saturated heterocycles. The Morgan fingerprint density at radius 3 is 2.68 bits per heavy atom. The Balaban J connectivity index is 2.31. The van der Waals surface area contributed by atoms with Crippen molar-refractivity contribution in [2.75, 3.05) is 11.1 Å². The Labute approximate surface area is 125 Å². The topological polar surface area (TPSA) is 68.0 Å². The quantitative estimate of drug-likeness (QED) is 0.826. The average molecular weight is 389 g/mol. The molecule has 2 rings (SSSR count). The van der Waals surface area contributed by atoms with Gasteiger partial charge >= 0.3 is 0 Å². The molecule has 1 amide bonds. The average Bonchev–Trinajstić information content (AvgIpc) is 2.32. The summed E-state index contributed by atoms with van der Waals surface area (Å²) in [4.78, 5) is 16.0. The van der Waals surface area contributed by atoms with Gasteiger partial charge < -0.3 is 11.1 Å². The number of hydrogen-bond acceptors (Lipinski definition) is 3. The maximum absolute atomic E-state index is 13.6. The molecule has 7 heteroatoms. The van der Waals surface area contributed by atoms with Crippen molar-refractivity contribution in [3.05, 3.63) is 50.8 Å². The molecule has 0 bridgehead atoms. The van der Waals surface area contributed by atoms with Crippen LogP contribution < -0.4 is 11.1 Å². The number of halogens is 3. The monoisotopic (exact) mass is 387 g/mol. The van der Waals surface area contributed by atoms with Crippen LogP contribution in [-0.2, 0) is 0 Å². The zero-order valence-electron chi connectivity index (χ0n) is 9.45. The van der Waals surface area contributed by atoms with E-state index < -0.39 is 11.7 Å². The number of carbonyl (C=O) groups excluding carboxylic acids is 1. The predicted octanol–water partition coefficient (Wildman–Crippen LogP) is 3.58. The third kappa shape index (κ3) is 3.10. The smallest absolute Gasteiger partial charge is 0.260 e. The molecule has 0 spiro atoms. The van der Waals surface area contributed by atoms with Crippen molar-refractivity contribution in [2.45, 2.75) is 0 Å². The molecular formula is C12H8Br2FN3O. The molecule has 0 unspecified atom stereocenters. The Bertz CT molecular complexity index is 629. The van der Waals surface area contributed by atoms with Crippen LogP contribution in [0.15, 0.2) is 39.4 Å². The molecule has 4 nitrogen and oxygen atoms in total. The van der Waals surface area contributed by atoms with Gasteiger partial charge in [0.05, 0.1) is 21.9 Å². The Hall–Kier alpha value is -1.47. The second-order valence-electron chi connectivity index (χ2n) is 3.65. The first-order valence-electron chi connectivity index (χ1n) is 5.15. The van der Waals surface area contributed by atoms with Crippen LogP contribution in [0.1, 0.15) is 10.4 Å². The van der Waals surface area contributed by atoms with Crippen LogP contribution in [0.25, 0.3) is 0 Å². The highest BCUT2D eigenvalue weighted by atomic mass is 79.9. The summed E-state index contributed by atoms with van der Waals surface area (Å²) in [7, 11) is 0. The van der Waals surface area contributed by atoms with Gasteiger partial charge in [-0.15, -0.1) is 0 Å². The van der Waals surface area contributed by atoms with Crippen LogP contribution in [0.4, 0.5) is 15.9 Å². The molecule has 0 radical (unpaired) electrons. The molecule has 98 valence electrons. The number of nitrogens with one attached hydrogen (secondary N) is 1. The standard InChI is InChI=1S/C12H8Br2FN3O/c13-7-2-1-3-9(15)10(7)12(19)18-11-8(14)4-6(16)5-17-11/h1-5H,16H2,(H,17,18,19). The highest BCUT2D eigenvalue weighted by molar-refractivity contribution is 9.11. The van der Waals surface area contributed by atoms with Crippen LogP contribution in [0, 0.1) is 5.82 Å². The number of rotatable bonds is 2. The Kier molecular flexibility index (Phi) is 4.16. The van der Waals surface area contributed by atoms with Crippen molar-refractivity contribution < 1.29 is 9.18 Å². The predicted molar refractivity (Wildman–Crippen MR) is 78.4 cm³/mol. The molecule has 0 fully saturated rings. The fourth-order valence-corrected chi connectivity index (χ4v) is 2.42. The lowest BCUT2D eigenvalue weighted by molar-refractivity contribution is 0.102. The lowest BCUT2D eigenvalue weighted by Crippen LogP contribution is -2.16. The van der Waals surface area contributed by atoms with Crippen LogP contribution in [-0.4, -0.2) is 10.9 Å². The van der Waals surface area contributed by atoms with E-state index in [1.807, 2.05) is 0 Å². The minimum atomic E-state index is -0.613. The fourth-order valence-electron chi connectivity index (χ4n) is 1.43. The van der Waals surface area contributed by atoms with Gasteiger partial charge in [-0.1, -0.05) is 6.07 Å². The SMILES string of the molecule is Nc1cnc(NC(=O)c2c(F)cccc2Br)c(Br)c1. The van der Waals surface area contributed by atoms with Crippen molar-refractivity contribution >= 4 is 49.3 Å². The normalized spacial score (nSPS) is 10.3. The molecule has 0 aliphatic carbocycles. The van der Waals surface area contributed by atoms with Crippen molar-refractivity contribution in [1.82, 2.24) is 4.98 Å². The zero-order valence-corrected chi connectivity index (χ0v) is 12.6. The van der Waals surface area contributed by atoms with E-state index in [1.54, 1.807) is 12.1 Å². The molecule has 1 aromatic heterocycles. The minimum absolute atomic E-state index is 0.0759. The summed E-state index contributed by atoms with van der Waals surface area (Å²) in [5, 5.41) is 2.51. The summed E-state index contributed by atoms with van der Waals surface area (Å²) < 4.78 is 14.5. The summed E-state index contributed by atoms with van der Waals surface area (Å²) in [6.45, 7) is 0. The van der Waals surface area contributed by atoms with Crippen molar-refractivity contribution in [2.24, 2.45) is 0 Å². The van der Waals surface area contributed by atoms with Crippen LogP contribution in [0.5, 0.6) is 0 Å². The summed E-state index contributed by atoms with van der Waals surface area (Å²) in [6, 6.07) is 5.90. The minimum Gasteiger partial charge on any atom is -0.397 e. The van der Waals surface area contributed by atoms with E-state index >= 15 is 0 Å². The van der Waals surface area contributed by atoms with Gasteiger partial charge in [0, 0.05) is 4.47 Å². The van der Waals surface area contributed by atoms with Crippen LogP contribution >= 0.6 is 31.9 Å². The summed E-state index contributed by atoms with van der Waals surface area (Å²) >= 11 is 6.36. The number of hydrogen-bond donors (Lipinski definition) is 2. The van der Waals surface area contributed by atoms with Gasteiger partial charge in [0.15, 0.2) is 0 Å². The van der Waals surface area contributed by atoms with Gasteiger partial charge in [0.2, 0.25) is 0 Å². The molecule has 2 aromatic rings. The third-order valence-corrected chi connectivity index (χ3v) is 3.55. The van der Waals surface area contributed by atoms with Crippen LogP contribution in [0.2, 0.25) is 0 Å². The molecule has 1 heterocycles. The van der Waals surface area contributed by atoms with E-state index in [0.29, 0.717) is 14.6 Å². The maximum Gasteiger partial charge on any atom is 0.260 e.